The van der Waals surface area contributed by atoms with Gasteiger partial charge in [-0.3, -0.25) is 5.84 Å². The summed E-state index contributed by atoms with van der Waals surface area (Å²) in [5, 5.41) is 2.66. The van der Waals surface area contributed by atoms with Gasteiger partial charge >= 0.3 is 0 Å². The van der Waals surface area contributed by atoms with Crippen LogP contribution in [0.15, 0.2) is 29.6 Å². The number of nitrogens with two attached hydrogens (primary N) is 1. The van der Waals surface area contributed by atoms with Crippen LogP contribution in [0.4, 0.5) is 0 Å². The fraction of sp³-hybridized carbons (Fsp3) is 0.231. The maximum absolute atomic E-state index is 6.17. The first-order valence-electron chi connectivity index (χ1n) is 5.51. The van der Waals surface area contributed by atoms with Crippen LogP contribution in [0.25, 0.3) is 0 Å². The van der Waals surface area contributed by atoms with Crippen molar-refractivity contribution in [3.8, 4) is 5.75 Å². The molecule has 0 saturated heterocycles. The van der Waals surface area contributed by atoms with E-state index in [9.17, 15) is 0 Å². The average Bonchev–Trinajstić information content (AvgIpc) is 2.77. The second kappa shape index (κ2) is 5.71. The van der Waals surface area contributed by atoms with Gasteiger partial charge in [-0.15, -0.1) is 11.3 Å². The number of hydrogen-bond acceptors (Lipinski definition) is 4. The van der Waals surface area contributed by atoms with E-state index in [1.807, 2.05) is 30.5 Å². The first kappa shape index (κ1) is 13.4. The van der Waals surface area contributed by atoms with Crippen LogP contribution in [0.5, 0.6) is 5.75 Å². The molecule has 0 amide bonds. The molecular formula is C13H15ClN2OS. The standard InChI is InChI=1S/C13H15ClN2OS/c1-8-3-4-11(17-2)9(7-8)12(16-15)13-10(14)5-6-18-13/h3-7,12,16H,15H2,1-2H3. The Kier molecular flexibility index (Phi) is 4.24. The maximum atomic E-state index is 6.17. The molecule has 0 fully saturated rings. The molecule has 0 aliphatic heterocycles. The maximum Gasteiger partial charge on any atom is 0.124 e. The van der Waals surface area contributed by atoms with Crippen molar-refractivity contribution >= 4 is 22.9 Å². The predicted molar refractivity (Wildman–Crippen MR) is 76.2 cm³/mol. The number of halogens is 1. The first-order valence-corrected chi connectivity index (χ1v) is 6.76. The Labute approximate surface area is 116 Å². The molecule has 2 aromatic rings. The number of nitrogens with one attached hydrogen (secondary N) is 1. The molecule has 3 N–H and O–H groups in total. The highest BCUT2D eigenvalue weighted by Gasteiger charge is 2.20. The minimum atomic E-state index is -0.160. The Morgan fingerprint density at radius 1 is 1.39 bits per heavy atom. The van der Waals surface area contributed by atoms with Gasteiger partial charge in [0, 0.05) is 10.4 Å². The van der Waals surface area contributed by atoms with Crippen LogP contribution in [0.1, 0.15) is 22.0 Å². The number of aryl methyl sites for hydroxylation is 1. The van der Waals surface area contributed by atoms with Crippen molar-refractivity contribution in [1.29, 1.82) is 0 Å². The van der Waals surface area contributed by atoms with E-state index in [0.29, 0.717) is 5.02 Å². The molecule has 2 rings (SSSR count). The Morgan fingerprint density at radius 2 is 2.17 bits per heavy atom. The third-order valence-electron chi connectivity index (χ3n) is 2.77. The number of benzene rings is 1. The zero-order chi connectivity index (χ0) is 13.1. The predicted octanol–water partition coefficient (Wildman–Crippen LogP) is 3.27. The van der Waals surface area contributed by atoms with Crippen LogP contribution < -0.4 is 16.0 Å². The Balaban J connectivity index is 2.51. The highest BCUT2D eigenvalue weighted by molar-refractivity contribution is 7.10. The fourth-order valence-corrected chi connectivity index (χ4v) is 3.14. The summed E-state index contributed by atoms with van der Waals surface area (Å²) < 4.78 is 5.39. The molecule has 5 heteroatoms. The normalized spacial score (nSPS) is 12.4. The molecular weight excluding hydrogens is 268 g/mol. The van der Waals surface area contributed by atoms with Crippen LogP contribution in [-0.4, -0.2) is 7.11 Å². The molecule has 1 atom stereocenters. The SMILES string of the molecule is COc1ccc(C)cc1C(NN)c1sccc1Cl. The number of rotatable bonds is 4. The van der Waals surface area contributed by atoms with Gasteiger partial charge in [0.1, 0.15) is 5.75 Å². The van der Waals surface area contributed by atoms with Gasteiger partial charge in [0.25, 0.3) is 0 Å². The summed E-state index contributed by atoms with van der Waals surface area (Å²) in [6.07, 6.45) is 0. The van der Waals surface area contributed by atoms with Crippen molar-refractivity contribution in [2.24, 2.45) is 5.84 Å². The van der Waals surface area contributed by atoms with Gasteiger partial charge in [-0.05, 0) is 24.4 Å². The van der Waals surface area contributed by atoms with Crippen molar-refractivity contribution in [1.82, 2.24) is 5.43 Å². The van der Waals surface area contributed by atoms with Gasteiger partial charge in [0.2, 0.25) is 0 Å². The van der Waals surface area contributed by atoms with Crippen molar-refractivity contribution in [3.05, 3.63) is 50.7 Å². The molecule has 1 aromatic heterocycles. The van der Waals surface area contributed by atoms with Gasteiger partial charge < -0.3 is 4.74 Å². The molecule has 0 aliphatic carbocycles. The molecule has 0 saturated carbocycles. The Morgan fingerprint density at radius 3 is 2.72 bits per heavy atom. The van der Waals surface area contributed by atoms with Crippen LogP contribution in [-0.2, 0) is 0 Å². The number of hydrazine groups is 1. The lowest BCUT2D eigenvalue weighted by molar-refractivity contribution is 0.404. The quantitative estimate of drug-likeness (QED) is 0.668. The third kappa shape index (κ3) is 2.52. The first-order chi connectivity index (χ1) is 8.67. The molecule has 0 aliphatic rings. The molecule has 1 heterocycles. The number of methoxy groups -OCH3 is 1. The average molecular weight is 283 g/mol. The van der Waals surface area contributed by atoms with E-state index in [0.717, 1.165) is 21.8 Å². The van der Waals surface area contributed by atoms with E-state index in [1.54, 1.807) is 18.4 Å². The van der Waals surface area contributed by atoms with Gasteiger partial charge in [-0.25, -0.2) is 5.43 Å². The molecule has 1 aromatic carbocycles. The van der Waals surface area contributed by atoms with E-state index in [2.05, 4.69) is 11.5 Å². The largest absolute Gasteiger partial charge is 0.496 e. The number of hydrogen-bond donors (Lipinski definition) is 2. The van der Waals surface area contributed by atoms with Gasteiger partial charge in [0.05, 0.1) is 18.2 Å². The summed E-state index contributed by atoms with van der Waals surface area (Å²) in [5.74, 6) is 6.48. The van der Waals surface area contributed by atoms with Crippen molar-refractivity contribution in [2.75, 3.05) is 7.11 Å². The van der Waals surface area contributed by atoms with Crippen molar-refractivity contribution < 1.29 is 4.74 Å². The molecule has 3 nitrogen and oxygen atoms in total. The Bertz CT molecular complexity index is 542. The second-order valence-electron chi connectivity index (χ2n) is 3.98. The minimum absolute atomic E-state index is 0.160. The van der Waals surface area contributed by atoms with Crippen LogP contribution in [0.2, 0.25) is 5.02 Å². The van der Waals surface area contributed by atoms with E-state index in [-0.39, 0.29) is 6.04 Å². The lowest BCUT2D eigenvalue weighted by atomic mass is 10.0. The number of thiophene rings is 1. The van der Waals surface area contributed by atoms with E-state index < -0.39 is 0 Å². The summed E-state index contributed by atoms with van der Waals surface area (Å²) >= 11 is 7.74. The number of ether oxygens (including phenoxy) is 1. The Hall–Kier alpha value is -1.07. The van der Waals surface area contributed by atoms with Crippen molar-refractivity contribution in [3.63, 3.8) is 0 Å². The zero-order valence-electron chi connectivity index (χ0n) is 10.2. The fourth-order valence-electron chi connectivity index (χ4n) is 1.90. The van der Waals surface area contributed by atoms with E-state index >= 15 is 0 Å². The summed E-state index contributed by atoms with van der Waals surface area (Å²) in [5.41, 5.74) is 4.95. The topological polar surface area (TPSA) is 47.3 Å². The lowest BCUT2D eigenvalue weighted by Crippen LogP contribution is -2.28. The highest BCUT2D eigenvalue weighted by Crippen LogP contribution is 2.36. The molecule has 0 radical (unpaired) electrons. The summed E-state index contributed by atoms with van der Waals surface area (Å²) in [6.45, 7) is 2.03. The second-order valence-corrected chi connectivity index (χ2v) is 5.33. The van der Waals surface area contributed by atoms with Crippen LogP contribution in [0.3, 0.4) is 0 Å². The van der Waals surface area contributed by atoms with Crippen LogP contribution in [0, 0.1) is 6.92 Å². The molecule has 0 bridgehead atoms. The highest BCUT2D eigenvalue weighted by atomic mass is 35.5. The summed E-state index contributed by atoms with van der Waals surface area (Å²) in [6, 6.07) is 7.71. The van der Waals surface area contributed by atoms with Crippen LogP contribution >= 0.6 is 22.9 Å². The molecule has 1 unspecified atom stereocenters. The van der Waals surface area contributed by atoms with E-state index in [1.165, 1.54) is 0 Å². The minimum Gasteiger partial charge on any atom is -0.496 e. The van der Waals surface area contributed by atoms with Gasteiger partial charge in [-0.1, -0.05) is 29.3 Å². The monoisotopic (exact) mass is 282 g/mol. The van der Waals surface area contributed by atoms with Gasteiger partial charge in [-0.2, -0.15) is 0 Å². The van der Waals surface area contributed by atoms with E-state index in [4.69, 9.17) is 22.2 Å². The smallest absolute Gasteiger partial charge is 0.124 e. The molecule has 18 heavy (non-hydrogen) atoms. The van der Waals surface area contributed by atoms with Gasteiger partial charge in [0.15, 0.2) is 0 Å². The molecule has 0 spiro atoms. The lowest BCUT2D eigenvalue weighted by Gasteiger charge is -2.19. The third-order valence-corrected chi connectivity index (χ3v) is 4.19. The van der Waals surface area contributed by atoms with Crippen molar-refractivity contribution in [2.45, 2.75) is 13.0 Å². The summed E-state index contributed by atoms with van der Waals surface area (Å²) in [7, 11) is 1.65. The molecule has 96 valence electrons. The zero-order valence-corrected chi connectivity index (χ0v) is 11.8. The summed E-state index contributed by atoms with van der Waals surface area (Å²) in [4.78, 5) is 0.989.